The molecule has 24 heavy (non-hydrogen) atoms. The number of amides is 1. The van der Waals surface area contributed by atoms with Crippen LogP contribution in [0.25, 0.3) is 10.9 Å². The normalized spacial score (nSPS) is 14.0. The molecule has 1 fully saturated rings. The van der Waals surface area contributed by atoms with Crippen molar-refractivity contribution in [2.45, 2.75) is 31.8 Å². The number of nitrogens with one attached hydrogen (secondary N) is 1. The largest absolute Gasteiger partial charge is 0.479 e. The maximum Gasteiger partial charge on any atom is 0.408 e. The van der Waals surface area contributed by atoms with Gasteiger partial charge in [0.2, 0.25) is 0 Å². The molecule has 1 saturated carbocycles. The van der Waals surface area contributed by atoms with Gasteiger partial charge in [-0.15, -0.1) is 0 Å². The van der Waals surface area contributed by atoms with Crippen molar-refractivity contribution in [3.63, 3.8) is 0 Å². The lowest BCUT2D eigenvalue weighted by molar-refractivity contribution is 0.102. The fourth-order valence-corrected chi connectivity index (χ4v) is 2.74. The summed E-state index contributed by atoms with van der Waals surface area (Å²) in [5.41, 5.74) is 0.820. The molecule has 0 aliphatic heterocycles. The summed E-state index contributed by atoms with van der Waals surface area (Å²) in [7, 11) is 0. The van der Waals surface area contributed by atoms with Crippen molar-refractivity contribution >= 4 is 17.0 Å². The molecular weight excluding hydrogens is 304 g/mol. The Balaban J connectivity index is 1.42. The van der Waals surface area contributed by atoms with Gasteiger partial charge in [0.05, 0.1) is 6.54 Å². The third kappa shape index (κ3) is 4.39. The molecule has 3 rings (SSSR count). The molecule has 1 N–H and O–H groups in total. The van der Waals surface area contributed by atoms with E-state index in [1.807, 2.05) is 30.3 Å². The summed E-state index contributed by atoms with van der Waals surface area (Å²) < 4.78 is 10.9. The standard InChI is InChI=1S/C19H20N2O3/c22-19(24-16-9-1-2-10-16)21-12-3-4-14-23-17-11-5-7-15-8-6-13-20-18(15)17/h5-8,11,13,16H,1-2,9-10,12,14H2,(H,21,22). The highest BCUT2D eigenvalue weighted by Crippen LogP contribution is 2.22. The number of ether oxygens (including phenoxy) is 2. The molecule has 0 spiro atoms. The van der Waals surface area contributed by atoms with Gasteiger partial charge in [-0.05, 0) is 37.8 Å². The second-order valence-corrected chi connectivity index (χ2v) is 5.64. The highest BCUT2D eigenvalue weighted by molar-refractivity contribution is 5.84. The van der Waals surface area contributed by atoms with Gasteiger partial charge in [-0.1, -0.05) is 30.0 Å². The zero-order valence-corrected chi connectivity index (χ0v) is 13.5. The predicted molar refractivity (Wildman–Crippen MR) is 91.8 cm³/mol. The minimum absolute atomic E-state index is 0.0696. The average molecular weight is 324 g/mol. The number of rotatable bonds is 4. The van der Waals surface area contributed by atoms with Crippen LogP contribution in [-0.4, -0.2) is 30.3 Å². The molecule has 0 bridgehead atoms. The Morgan fingerprint density at radius 3 is 2.92 bits per heavy atom. The average Bonchev–Trinajstić information content (AvgIpc) is 3.11. The van der Waals surface area contributed by atoms with Gasteiger partial charge < -0.3 is 14.8 Å². The maximum absolute atomic E-state index is 11.6. The van der Waals surface area contributed by atoms with Crippen molar-refractivity contribution < 1.29 is 14.3 Å². The molecule has 1 aliphatic rings. The van der Waals surface area contributed by atoms with E-state index in [1.165, 1.54) is 0 Å². The molecule has 1 heterocycles. The summed E-state index contributed by atoms with van der Waals surface area (Å²) in [5, 5.41) is 3.66. The second-order valence-electron chi connectivity index (χ2n) is 5.64. The van der Waals surface area contributed by atoms with E-state index in [4.69, 9.17) is 9.47 Å². The molecule has 1 aromatic heterocycles. The zero-order valence-electron chi connectivity index (χ0n) is 13.5. The Morgan fingerprint density at radius 1 is 1.21 bits per heavy atom. The first-order chi connectivity index (χ1) is 11.8. The van der Waals surface area contributed by atoms with Crippen LogP contribution in [0.1, 0.15) is 25.7 Å². The summed E-state index contributed by atoms with van der Waals surface area (Å²) in [6, 6.07) is 9.66. The first-order valence-corrected chi connectivity index (χ1v) is 8.20. The first-order valence-electron chi connectivity index (χ1n) is 8.20. The lowest BCUT2D eigenvalue weighted by atomic mass is 10.2. The summed E-state index contributed by atoms with van der Waals surface area (Å²) in [5.74, 6) is 6.43. The minimum atomic E-state index is -0.393. The molecule has 5 heteroatoms. The number of hydrogen-bond donors (Lipinski definition) is 1. The van der Waals surface area contributed by atoms with Crippen molar-refractivity contribution in [1.29, 1.82) is 0 Å². The quantitative estimate of drug-likeness (QED) is 0.877. The molecule has 5 nitrogen and oxygen atoms in total. The molecule has 0 atom stereocenters. The second kappa shape index (κ2) is 8.21. The van der Waals surface area contributed by atoms with Crippen LogP contribution in [0, 0.1) is 11.8 Å². The van der Waals surface area contributed by atoms with E-state index in [2.05, 4.69) is 22.1 Å². The number of hydrogen-bond acceptors (Lipinski definition) is 4. The topological polar surface area (TPSA) is 60.5 Å². The van der Waals surface area contributed by atoms with E-state index in [0.717, 1.165) is 36.6 Å². The van der Waals surface area contributed by atoms with Gasteiger partial charge >= 0.3 is 6.09 Å². The minimum Gasteiger partial charge on any atom is -0.479 e. The van der Waals surface area contributed by atoms with Crippen LogP contribution in [0.2, 0.25) is 0 Å². The van der Waals surface area contributed by atoms with E-state index in [-0.39, 0.29) is 19.3 Å². The molecule has 0 unspecified atom stereocenters. The number of carbonyl (C=O) groups is 1. The highest BCUT2D eigenvalue weighted by atomic mass is 16.6. The highest BCUT2D eigenvalue weighted by Gasteiger charge is 2.18. The summed E-state index contributed by atoms with van der Waals surface area (Å²) in [4.78, 5) is 15.9. The van der Waals surface area contributed by atoms with Crippen molar-refractivity contribution in [3.8, 4) is 17.6 Å². The zero-order chi connectivity index (χ0) is 16.6. The number of nitrogens with zero attached hydrogens (tertiary/aromatic N) is 1. The van der Waals surface area contributed by atoms with Crippen LogP contribution in [-0.2, 0) is 4.74 Å². The Morgan fingerprint density at radius 2 is 2.04 bits per heavy atom. The van der Waals surface area contributed by atoms with Crippen molar-refractivity contribution in [3.05, 3.63) is 36.5 Å². The van der Waals surface area contributed by atoms with Gasteiger partial charge in [-0.2, -0.15) is 0 Å². The number of alkyl carbamates (subject to hydrolysis) is 1. The number of para-hydroxylation sites is 1. The molecule has 0 radical (unpaired) electrons. The Labute approximate surface area is 141 Å². The predicted octanol–water partition coefficient (Wildman–Crippen LogP) is 3.29. The van der Waals surface area contributed by atoms with Crippen LogP contribution in [0.5, 0.6) is 5.75 Å². The van der Waals surface area contributed by atoms with Gasteiger partial charge in [-0.3, -0.25) is 4.98 Å². The maximum atomic E-state index is 11.6. The summed E-state index contributed by atoms with van der Waals surface area (Å²) in [6.07, 6.45) is 5.62. The van der Waals surface area contributed by atoms with Gasteiger partial charge in [0.25, 0.3) is 0 Å². The monoisotopic (exact) mass is 324 g/mol. The SMILES string of the molecule is O=C(NCC#CCOc1cccc2cccnc12)OC1CCCC1. The number of carbonyl (C=O) groups excluding carboxylic acids is 1. The van der Waals surface area contributed by atoms with E-state index in [0.29, 0.717) is 5.75 Å². The third-order valence-corrected chi connectivity index (χ3v) is 3.92. The number of benzene rings is 1. The lowest BCUT2D eigenvalue weighted by Crippen LogP contribution is -2.28. The van der Waals surface area contributed by atoms with Gasteiger partial charge in [0.15, 0.2) is 0 Å². The molecule has 1 aliphatic carbocycles. The number of fused-ring (bicyclic) bond motifs is 1. The number of aromatic nitrogens is 1. The van der Waals surface area contributed by atoms with Crippen molar-refractivity contribution in [2.75, 3.05) is 13.2 Å². The fraction of sp³-hybridized carbons (Fsp3) is 0.368. The Bertz CT molecular complexity index is 753. The van der Waals surface area contributed by atoms with Crippen LogP contribution >= 0.6 is 0 Å². The summed E-state index contributed by atoms with van der Waals surface area (Å²) in [6.45, 7) is 0.498. The van der Waals surface area contributed by atoms with Gasteiger partial charge in [-0.25, -0.2) is 4.79 Å². The van der Waals surface area contributed by atoms with Gasteiger partial charge in [0.1, 0.15) is 24.0 Å². The molecule has 124 valence electrons. The fourth-order valence-electron chi connectivity index (χ4n) is 2.74. The lowest BCUT2D eigenvalue weighted by Gasteiger charge is -2.10. The molecular formula is C19H20N2O3. The molecule has 0 saturated heterocycles. The van der Waals surface area contributed by atoms with Crippen LogP contribution < -0.4 is 10.1 Å². The smallest absolute Gasteiger partial charge is 0.408 e. The van der Waals surface area contributed by atoms with Crippen LogP contribution in [0.3, 0.4) is 0 Å². The molecule has 1 amide bonds. The van der Waals surface area contributed by atoms with Crippen LogP contribution in [0.4, 0.5) is 4.79 Å². The van der Waals surface area contributed by atoms with E-state index < -0.39 is 6.09 Å². The van der Waals surface area contributed by atoms with Crippen molar-refractivity contribution in [2.24, 2.45) is 0 Å². The van der Waals surface area contributed by atoms with E-state index in [1.54, 1.807) is 6.20 Å². The number of pyridine rings is 1. The Kier molecular flexibility index (Phi) is 5.52. The first kappa shape index (κ1) is 16.1. The summed E-state index contributed by atoms with van der Waals surface area (Å²) >= 11 is 0. The molecule has 2 aromatic rings. The third-order valence-electron chi connectivity index (χ3n) is 3.92. The molecule has 1 aromatic carbocycles. The van der Waals surface area contributed by atoms with Gasteiger partial charge in [0, 0.05) is 11.6 Å². The van der Waals surface area contributed by atoms with E-state index >= 15 is 0 Å². The van der Waals surface area contributed by atoms with E-state index in [9.17, 15) is 4.79 Å². The van der Waals surface area contributed by atoms with Crippen LogP contribution in [0.15, 0.2) is 36.5 Å². The van der Waals surface area contributed by atoms with Crippen molar-refractivity contribution in [1.82, 2.24) is 10.3 Å². The Hall–Kier alpha value is -2.74.